The Balaban J connectivity index is 1.49. The topological polar surface area (TPSA) is 42.4 Å². The predicted molar refractivity (Wildman–Crippen MR) is 80.3 cm³/mol. The van der Waals surface area contributed by atoms with Crippen LogP contribution in [0.4, 0.5) is 4.39 Å². The molecule has 1 saturated heterocycles. The summed E-state index contributed by atoms with van der Waals surface area (Å²) in [5, 5.41) is 0.457. The van der Waals surface area contributed by atoms with Crippen LogP contribution in [0.5, 0.6) is 5.88 Å². The number of halogens is 2. The number of hydrogen-bond acceptors (Lipinski definition) is 3. The van der Waals surface area contributed by atoms with Gasteiger partial charge in [0.2, 0.25) is 11.8 Å². The molecule has 6 heteroatoms. The van der Waals surface area contributed by atoms with Gasteiger partial charge in [0.05, 0.1) is 19.5 Å². The summed E-state index contributed by atoms with van der Waals surface area (Å²) in [5.41, 5.74) is 0.795. The number of hydrogen-bond donors (Lipinski definition) is 0. The summed E-state index contributed by atoms with van der Waals surface area (Å²) >= 11 is 5.97. The van der Waals surface area contributed by atoms with E-state index in [9.17, 15) is 9.18 Å². The van der Waals surface area contributed by atoms with Gasteiger partial charge in [-0.15, -0.1) is 0 Å². The number of carbonyl (C=O) groups excluding carboxylic acids is 1. The summed E-state index contributed by atoms with van der Waals surface area (Å²) in [6, 6.07) is 9.39. The average molecular weight is 321 g/mol. The molecule has 1 aromatic heterocycles. The Bertz CT molecular complexity index is 672. The molecule has 1 aliphatic rings. The Morgan fingerprint density at radius 2 is 2.05 bits per heavy atom. The number of rotatable bonds is 4. The largest absolute Gasteiger partial charge is 0.470 e. The van der Waals surface area contributed by atoms with Crippen LogP contribution in [0.3, 0.4) is 0 Å². The van der Waals surface area contributed by atoms with Gasteiger partial charge in [-0.2, -0.15) is 0 Å². The van der Waals surface area contributed by atoms with Crippen molar-refractivity contribution < 1.29 is 13.9 Å². The standard InChI is InChI=1S/C16H14ClFN2O2/c17-14-2-1-7-19-16(14)22-13-9-20(10-13)15(21)8-11-3-5-12(18)6-4-11/h1-7,13H,8-10H2. The van der Waals surface area contributed by atoms with Gasteiger partial charge in [-0.3, -0.25) is 4.79 Å². The lowest BCUT2D eigenvalue weighted by Crippen LogP contribution is -2.56. The lowest BCUT2D eigenvalue weighted by molar-refractivity contribution is -0.139. The first kappa shape index (κ1) is 14.8. The van der Waals surface area contributed by atoms with Gasteiger partial charge in [-0.1, -0.05) is 23.7 Å². The molecule has 1 amide bonds. The molecule has 0 spiro atoms. The molecule has 2 heterocycles. The molecule has 2 aromatic rings. The quantitative estimate of drug-likeness (QED) is 0.870. The van der Waals surface area contributed by atoms with E-state index in [0.717, 1.165) is 5.56 Å². The third-order valence-electron chi connectivity index (χ3n) is 3.47. The van der Waals surface area contributed by atoms with Crippen LogP contribution in [-0.2, 0) is 11.2 Å². The number of benzene rings is 1. The maximum atomic E-state index is 12.8. The fraction of sp³-hybridized carbons (Fsp3) is 0.250. The highest BCUT2D eigenvalue weighted by Gasteiger charge is 2.32. The highest BCUT2D eigenvalue weighted by molar-refractivity contribution is 6.31. The molecular formula is C16H14ClFN2O2. The number of aromatic nitrogens is 1. The molecule has 0 N–H and O–H groups in total. The first-order valence-electron chi connectivity index (χ1n) is 6.91. The van der Waals surface area contributed by atoms with Gasteiger partial charge in [0.1, 0.15) is 16.9 Å². The molecule has 0 unspecified atom stereocenters. The van der Waals surface area contributed by atoms with Crippen LogP contribution >= 0.6 is 11.6 Å². The molecule has 4 nitrogen and oxygen atoms in total. The second kappa shape index (κ2) is 6.32. The summed E-state index contributed by atoms with van der Waals surface area (Å²) < 4.78 is 18.5. The second-order valence-electron chi connectivity index (χ2n) is 5.13. The van der Waals surface area contributed by atoms with Crippen LogP contribution in [-0.4, -0.2) is 35.0 Å². The van der Waals surface area contributed by atoms with E-state index in [4.69, 9.17) is 16.3 Å². The van der Waals surface area contributed by atoms with Gasteiger partial charge in [0, 0.05) is 6.20 Å². The summed E-state index contributed by atoms with van der Waals surface area (Å²) in [7, 11) is 0. The SMILES string of the molecule is O=C(Cc1ccc(F)cc1)N1CC(Oc2ncccc2Cl)C1. The van der Waals surface area contributed by atoms with E-state index in [1.54, 1.807) is 35.4 Å². The van der Waals surface area contributed by atoms with E-state index in [1.165, 1.54) is 12.1 Å². The zero-order valence-corrected chi connectivity index (χ0v) is 12.5. The Morgan fingerprint density at radius 3 is 2.73 bits per heavy atom. The van der Waals surface area contributed by atoms with Crippen molar-refractivity contribution in [1.29, 1.82) is 0 Å². The van der Waals surface area contributed by atoms with Gasteiger partial charge in [0.15, 0.2) is 0 Å². The van der Waals surface area contributed by atoms with Crippen molar-refractivity contribution in [2.24, 2.45) is 0 Å². The van der Waals surface area contributed by atoms with Crippen molar-refractivity contribution in [2.45, 2.75) is 12.5 Å². The molecule has 0 bridgehead atoms. The van der Waals surface area contributed by atoms with Gasteiger partial charge in [-0.05, 0) is 29.8 Å². The third-order valence-corrected chi connectivity index (χ3v) is 3.76. The molecule has 1 aliphatic heterocycles. The van der Waals surface area contributed by atoms with Crippen LogP contribution < -0.4 is 4.74 Å². The smallest absolute Gasteiger partial charge is 0.232 e. The van der Waals surface area contributed by atoms with Crippen molar-refractivity contribution >= 4 is 17.5 Å². The average Bonchev–Trinajstić information content (AvgIpc) is 2.46. The normalized spacial score (nSPS) is 14.5. The van der Waals surface area contributed by atoms with Gasteiger partial charge >= 0.3 is 0 Å². The Kier molecular flexibility index (Phi) is 4.24. The van der Waals surface area contributed by atoms with Crippen molar-refractivity contribution in [1.82, 2.24) is 9.88 Å². The molecule has 0 aliphatic carbocycles. The summed E-state index contributed by atoms with van der Waals surface area (Å²) in [6.07, 6.45) is 1.78. The zero-order chi connectivity index (χ0) is 15.5. The van der Waals surface area contributed by atoms with E-state index in [2.05, 4.69) is 4.98 Å². The van der Waals surface area contributed by atoms with E-state index in [0.29, 0.717) is 24.0 Å². The highest BCUT2D eigenvalue weighted by Crippen LogP contribution is 2.24. The van der Waals surface area contributed by atoms with Crippen LogP contribution in [0.15, 0.2) is 42.6 Å². The number of ether oxygens (including phenoxy) is 1. The maximum Gasteiger partial charge on any atom is 0.232 e. The molecule has 1 fully saturated rings. The minimum atomic E-state index is -0.305. The molecule has 0 radical (unpaired) electrons. The minimum absolute atomic E-state index is 0.00132. The minimum Gasteiger partial charge on any atom is -0.470 e. The second-order valence-corrected chi connectivity index (χ2v) is 5.54. The number of nitrogens with zero attached hydrogens (tertiary/aromatic N) is 2. The summed E-state index contributed by atoms with van der Waals surface area (Å²) in [4.78, 5) is 17.8. The van der Waals surface area contributed by atoms with Crippen LogP contribution in [0.25, 0.3) is 0 Å². The molecule has 0 saturated carbocycles. The zero-order valence-electron chi connectivity index (χ0n) is 11.7. The van der Waals surface area contributed by atoms with Crippen LogP contribution in [0, 0.1) is 5.82 Å². The fourth-order valence-electron chi connectivity index (χ4n) is 2.22. The van der Waals surface area contributed by atoms with Crippen molar-refractivity contribution in [3.8, 4) is 5.88 Å². The monoisotopic (exact) mass is 320 g/mol. The maximum absolute atomic E-state index is 12.8. The molecule has 0 atom stereocenters. The predicted octanol–water partition coefficient (Wildman–Crippen LogP) is 2.71. The van der Waals surface area contributed by atoms with Gasteiger partial charge < -0.3 is 9.64 Å². The Hall–Kier alpha value is -2.14. The van der Waals surface area contributed by atoms with Gasteiger partial charge in [0.25, 0.3) is 0 Å². The van der Waals surface area contributed by atoms with Crippen molar-refractivity contribution in [2.75, 3.05) is 13.1 Å². The lowest BCUT2D eigenvalue weighted by atomic mass is 10.1. The summed E-state index contributed by atoms with van der Waals surface area (Å²) in [5.74, 6) is 0.0826. The lowest BCUT2D eigenvalue weighted by Gasteiger charge is -2.38. The van der Waals surface area contributed by atoms with E-state index in [-0.39, 0.29) is 24.2 Å². The summed E-state index contributed by atoms with van der Waals surface area (Å²) in [6.45, 7) is 1.01. The third kappa shape index (κ3) is 3.36. The molecule has 1 aromatic carbocycles. The molecule has 3 rings (SSSR count). The van der Waals surface area contributed by atoms with Crippen molar-refractivity contribution in [3.05, 3.63) is 59.0 Å². The molecule has 114 valence electrons. The number of carbonyl (C=O) groups is 1. The fourth-order valence-corrected chi connectivity index (χ4v) is 2.39. The Labute approximate surface area is 132 Å². The van der Waals surface area contributed by atoms with E-state index in [1.807, 2.05) is 0 Å². The highest BCUT2D eigenvalue weighted by atomic mass is 35.5. The molecular weight excluding hydrogens is 307 g/mol. The Morgan fingerprint density at radius 1 is 1.32 bits per heavy atom. The van der Waals surface area contributed by atoms with Crippen LogP contribution in [0.1, 0.15) is 5.56 Å². The van der Waals surface area contributed by atoms with Gasteiger partial charge in [-0.25, -0.2) is 9.37 Å². The number of likely N-dealkylation sites (tertiary alicyclic amines) is 1. The van der Waals surface area contributed by atoms with Crippen LogP contribution in [0.2, 0.25) is 5.02 Å². The number of amides is 1. The van der Waals surface area contributed by atoms with Crippen molar-refractivity contribution in [3.63, 3.8) is 0 Å². The first-order chi connectivity index (χ1) is 10.6. The van der Waals surface area contributed by atoms with E-state index < -0.39 is 0 Å². The van der Waals surface area contributed by atoms with E-state index >= 15 is 0 Å². The number of pyridine rings is 1. The first-order valence-corrected chi connectivity index (χ1v) is 7.29. The molecule has 22 heavy (non-hydrogen) atoms.